The summed E-state index contributed by atoms with van der Waals surface area (Å²) in [7, 11) is 0. The van der Waals surface area contributed by atoms with Gasteiger partial charge in [0.1, 0.15) is 4.99 Å². The molecule has 0 aromatic carbocycles. The first-order valence-corrected chi connectivity index (χ1v) is 7.27. The van der Waals surface area contributed by atoms with E-state index in [0.717, 1.165) is 30.9 Å². The third-order valence-electron chi connectivity index (χ3n) is 4.07. The first-order valence-electron chi connectivity index (χ1n) is 6.86. The lowest BCUT2D eigenvalue weighted by molar-refractivity contribution is 0.273. The minimum atomic E-state index is 0.400. The van der Waals surface area contributed by atoms with Crippen molar-refractivity contribution in [1.82, 2.24) is 15.1 Å². The third kappa shape index (κ3) is 2.55. The van der Waals surface area contributed by atoms with Gasteiger partial charge in [-0.3, -0.25) is 4.90 Å². The molecule has 2 fully saturated rings. The summed E-state index contributed by atoms with van der Waals surface area (Å²) in [6.07, 6.45) is 5.39. The minimum Gasteiger partial charge on any atom is -0.389 e. The van der Waals surface area contributed by atoms with Gasteiger partial charge in [0, 0.05) is 25.7 Å². The summed E-state index contributed by atoms with van der Waals surface area (Å²) in [5, 5.41) is 8.27. The zero-order valence-electron chi connectivity index (χ0n) is 11.0. The fourth-order valence-electron chi connectivity index (χ4n) is 3.15. The molecular formula is C13H19N5S. The highest BCUT2D eigenvalue weighted by Crippen LogP contribution is 2.25. The normalized spacial score (nSPS) is 24.0. The Kier molecular flexibility index (Phi) is 3.61. The molecule has 1 aromatic rings. The first-order chi connectivity index (χ1) is 9.25. The molecule has 2 aliphatic heterocycles. The van der Waals surface area contributed by atoms with Crippen LogP contribution in [0.5, 0.6) is 0 Å². The smallest absolute Gasteiger partial charge is 0.161 e. The number of aromatic nitrogens is 2. The summed E-state index contributed by atoms with van der Waals surface area (Å²) >= 11 is 5.12. The van der Waals surface area contributed by atoms with E-state index in [9.17, 15) is 0 Å². The molecule has 2 aliphatic rings. The molecule has 0 radical (unpaired) electrons. The fraction of sp³-hybridized carbons (Fsp3) is 0.615. The maximum atomic E-state index is 5.79. The van der Waals surface area contributed by atoms with Gasteiger partial charge in [0.15, 0.2) is 5.82 Å². The Bertz CT molecular complexity index is 478. The number of hydrogen-bond acceptors (Lipinski definition) is 5. The largest absolute Gasteiger partial charge is 0.389 e. The molecule has 3 rings (SSSR count). The number of nitrogens with two attached hydrogens (primary N) is 1. The van der Waals surface area contributed by atoms with Crippen molar-refractivity contribution in [2.24, 2.45) is 5.73 Å². The van der Waals surface area contributed by atoms with E-state index < -0.39 is 0 Å². The second kappa shape index (κ2) is 5.38. The van der Waals surface area contributed by atoms with Crippen molar-refractivity contribution in [3.05, 3.63) is 17.8 Å². The molecule has 19 heavy (non-hydrogen) atoms. The second-order valence-corrected chi connectivity index (χ2v) is 5.70. The van der Waals surface area contributed by atoms with Crippen LogP contribution in [0.3, 0.4) is 0 Å². The van der Waals surface area contributed by atoms with Crippen molar-refractivity contribution >= 4 is 23.0 Å². The predicted octanol–water partition coefficient (Wildman–Crippen LogP) is 0.785. The number of fused-ring (bicyclic) bond motifs is 1. The molecule has 0 saturated carbocycles. The van der Waals surface area contributed by atoms with Crippen LogP contribution in [0.15, 0.2) is 12.3 Å². The van der Waals surface area contributed by atoms with Crippen LogP contribution in [0.2, 0.25) is 0 Å². The van der Waals surface area contributed by atoms with E-state index in [-0.39, 0.29) is 0 Å². The molecule has 0 spiro atoms. The molecule has 102 valence electrons. The van der Waals surface area contributed by atoms with Gasteiger partial charge in [0.2, 0.25) is 0 Å². The number of thiocarbonyl (C=S) groups is 1. The number of hydrogen-bond donors (Lipinski definition) is 1. The Morgan fingerprint density at radius 2 is 2.16 bits per heavy atom. The van der Waals surface area contributed by atoms with Crippen molar-refractivity contribution in [1.29, 1.82) is 0 Å². The Balaban J connectivity index is 1.87. The van der Waals surface area contributed by atoms with Crippen LogP contribution in [0.1, 0.15) is 24.8 Å². The lowest BCUT2D eigenvalue weighted by Gasteiger charge is -2.27. The average Bonchev–Trinajstić information content (AvgIpc) is 2.76. The predicted molar refractivity (Wildman–Crippen MR) is 79.3 cm³/mol. The van der Waals surface area contributed by atoms with Gasteiger partial charge in [-0.15, -0.1) is 5.10 Å². The molecule has 0 aliphatic carbocycles. The zero-order valence-corrected chi connectivity index (χ0v) is 11.8. The van der Waals surface area contributed by atoms with Crippen LogP contribution in [0, 0.1) is 0 Å². The van der Waals surface area contributed by atoms with Crippen molar-refractivity contribution in [3.8, 4) is 0 Å². The number of nitrogens with zero attached hydrogens (tertiary/aromatic N) is 4. The SMILES string of the molecule is NC(=S)c1ccnnc1N1CCCN2CCCC2C1. The van der Waals surface area contributed by atoms with Gasteiger partial charge in [-0.05, 0) is 31.9 Å². The summed E-state index contributed by atoms with van der Waals surface area (Å²) in [5.74, 6) is 0.851. The molecule has 2 N–H and O–H groups in total. The van der Waals surface area contributed by atoms with Gasteiger partial charge in [0.25, 0.3) is 0 Å². The highest BCUT2D eigenvalue weighted by atomic mass is 32.1. The van der Waals surface area contributed by atoms with Crippen LogP contribution in [-0.2, 0) is 0 Å². The summed E-state index contributed by atoms with van der Waals surface area (Å²) in [4.78, 5) is 5.30. The van der Waals surface area contributed by atoms with Gasteiger partial charge < -0.3 is 10.6 Å². The first kappa shape index (κ1) is 12.7. The van der Waals surface area contributed by atoms with Gasteiger partial charge in [-0.2, -0.15) is 5.10 Å². The van der Waals surface area contributed by atoms with Gasteiger partial charge in [-0.25, -0.2) is 0 Å². The second-order valence-electron chi connectivity index (χ2n) is 5.26. The van der Waals surface area contributed by atoms with Crippen molar-refractivity contribution in [2.45, 2.75) is 25.3 Å². The summed E-state index contributed by atoms with van der Waals surface area (Å²) < 4.78 is 0. The quantitative estimate of drug-likeness (QED) is 0.807. The van der Waals surface area contributed by atoms with E-state index in [2.05, 4.69) is 20.0 Å². The molecule has 1 unspecified atom stereocenters. The Hall–Kier alpha value is -1.27. The highest BCUT2D eigenvalue weighted by molar-refractivity contribution is 7.80. The lowest BCUT2D eigenvalue weighted by Crippen LogP contribution is -2.37. The fourth-order valence-corrected chi connectivity index (χ4v) is 3.31. The van der Waals surface area contributed by atoms with Crippen LogP contribution in [-0.4, -0.2) is 52.3 Å². The van der Waals surface area contributed by atoms with Crippen LogP contribution in [0.4, 0.5) is 5.82 Å². The number of rotatable bonds is 2. The molecule has 5 nitrogen and oxygen atoms in total. The summed E-state index contributed by atoms with van der Waals surface area (Å²) in [6, 6.07) is 2.51. The topological polar surface area (TPSA) is 58.3 Å². The van der Waals surface area contributed by atoms with Crippen molar-refractivity contribution in [2.75, 3.05) is 31.1 Å². The van der Waals surface area contributed by atoms with Gasteiger partial charge in [-0.1, -0.05) is 12.2 Å². The van der Waals surface area contributed by atoms with Crippen molar-refractivity contribution < 1.29 is 0 Å². The van der Waals surface area contributed by atoms with Crippen molar-refractivity contribution in [3.63, 3.8) is 0 Å². The molecule has 1 atom stereocenters. The Morgan fingerprint density at radius 1 is 1.32 bits per heavy atom. The van der Waals surface area contributed by atoms with E-state index in [1.54, 1.807) is 6.20 Å². The maximum Gasteiger partial charge on any atom is 0.161 e. The van der Waals surface area contributed by atoms with Gasteiger partial charge >= 0.3 is 0 Å². The molecule has 0 bridgehead atoms. The van der Waals surface area contributed by atoms with Crippen LogP contribution >= 0.6 is 12.2 Å². The average molecular weight is 277 g/mol. The van der Waals surface area contributed by atoms with Crippen LogP contribution < -0.4 is 10.6 Å². The monoisotopic (exact) mass is 277 g/mol. The summed E-state index contributed by atoms with van der Waals surface area (Å²) in [5.41, 5.74) is 6.64. The summed E-state index contributed by atoms with van der Waals surface area (Å²) in [6.45, 7) is 4.43. The van der Waals surface area contributed by atoms with E-state index in [1.807, 2.05) is 6.07 Å². The Morgan fingerprint density at radius 3 is 3.00 bits per heavy atom. The van der Waals surface area contributed by atoms with Crippen LogP contribution in [0.25, 0.3) is 0 Å². The number of anilines is 1. The molecule has 3 heterocycles. The van der Waals surface area contributed by atoms with E-state index in [1.165, 1.54) is 25.9 Å². The minimum absolute atomic E-state index is 0.400. The third-order valence-corrected chi connectivity index (χ3v) is 4.29. The highest BCUT2D eigenvalue weighted by Gasteiger charge is 2.30. The molecular weight excluding hydrogens is 258 g/mol. The van der Waals surface area contributed by atoms with E-state index in [0.29, 0.717) is 11.0 Å². The molecule has 2 saturated heterocycles. The van der Waals surface area contributed by atoms with E-state index >= 15 is 0 Å². The molecule has 6 heteroatoms. The maximum absolute atomic E-state index is 5.79. The van der Waals surface area contributed by atoms with E-state index in [4.69, 9.17) is 18.0 Å². The zero-order chi connectivity index (χ0) is 13.2. The molecule has 1 aromatic heterocycles. The molecule has 0 amide bonds. The van der Waals surface area contributed by atoms with Gasteiger partial charge in [0.05, 0.1) is 11.8 Å². The lowest BCUT2D eigenvalue weighted by atomic mass is 10.2. The Labute approximate surface area is 118 Å². The standard InChI is InChI=1S/C13H19N5S/c14-12(19)11-4-5-15-16-13(11)18-8-2-7-17-6-1-3-10(17)9-18/h4-5,10H,1-3,6-9H2,(H2,14,19).